The standard InChI is InChI=1S/C29H31Cl2N3O4/c1-19(2)18-37-26-12-8-7-11-22(26)17-32-34-29(36)25(15-21-9-5-4-6-10-21)33-28(35)20(3)38-27-14-13-23(30)16-24(27)31/h4-14,16-17,19-20,25H,15,18H2,1-3H3,(H,33,35)(H,34,36)/b32-17-/t20-,25+/m1/s1. The fourth-order valence-electron chi connectivity index (χ4n) is 3.38. The molecule has 7 nitrogen and oxygen atoms in total. The molecule has 0 aliphatic carbocycles. The molecule has 0 heterocycles. The molecule has 3 aromatic carbocycles. The van der Waals surface area contributed by atoms with Gasteiger partial charge in [0.2, 0.25) is 0 Å². The molecule has 0 saturated carbocycles. The Morgan fingerprint density at radius 3 is 2.34 bits per heavy atom. The maximum atomic E-state index is 13.1. The molecule has 0 aliphatic heterocycles. The monoisotopic (exact) mass is 555 g/mol. The van der Waals surface area contributed by atoms with Gasteiger partial charge in [-0.15, -0.1) is 0 Å². The van der Waals surface area contributed by atoms with E-state index in [0.717, 1.165) is 11.1 Å². The van der Waals surface area contributed by atoms with Crippen molar-refractivity contribution in [1.29, 1.82) is 0 Å². The number of nitrogens with zero attached hydrogens (tertiary/aromatic N) is 1. The summed E-state index contributed by atoms with van der Waals surface area (Å²) in [5, 5.41) is 7.61. The van der Waals surface area contributed by atoms with E-state index in [1.54, 1.807) is 19.1 Å². The summed E-state index contributed by atoms with van der Waals surface area (Å²) in [5.41, 5.74) is 4.13. The number of benzene rings is 3. The molecule has 0 unspecified atom stereocenters. The number of para-hydroxylation sites is 1. The van der Waals surface area contributed by atoms with E-state index < -0.39 is 24.0 Å². The third-order valence-corrected chi connectivity index (χ3v) is 5.88. The van der Waals surface area contributed by atoms with Crippen molar-refractivity contribution in [1.82, 2.24) is 10.7 Å². The van der Waals surface area contributed by atoms with E-state index in [1.807, 2.05) is 54.6 Å². The molecule has 0 aliphatic rings. The molecule has 0 spiro atoms. The van der Waals surface area contributed by atoms with E-state index in [1.165, 1.54) is 12.3 Å². The molecule has 0 radical (unpaired) electrons. The lowest BCUT2D eigenvalue weighted by Crippen LogP contribution is -2.50. The van der Waals surface area contributed by atoms with Crippen molar-refractivity contribution in [2.75, 3.05) is 6.61 Å². The number of carbonyl (C=O) groups is 2. The molecule has 3 rings (SSSR count). The van der Waals surface area contributed by atoms with Gasteiger partial charge in [-0.2, -0.15) is 5.10 Å². The first-order valence-electron chi connectivity index (χ1n) is 12.2. The molecule has 0 bridgehead atoms. The smallest absolute Gasteiger partial charge is 0.262 e. The van der Waals surface area contributed by atoms with Gasteiger partial charge in [0.15, 0.2) is 6.10 Å². The van der Waals surface area contributed by atoms with Crippen LogP contribution in [0.3, 0.4) is 0 Å². The molecule has 2 amide bonds. The van der Waals surface area contributed by atoms with Gasteiger partial charge >= 0.3 is 0 Å². The second kappa shape index (κ2) is 14.4. The van der Waals surface area contributed by atoms with Crippen LogP contribution in [0.25, 0.3) is 0 Å². The van der Waals surface area contributed by atoms with Gasteiger partial charge < -0.3 is 14.8 Å². The summed E-state index contributed by atoms with van der Waals surface area (Å²) in [6.07, 6.45) is 0.855. The third-order valence-electron chi connectivity index (χ3n) is 5.35. The molecule has 0 aromatic heterocycles. The first-order chi connectivity index (χ1) is 18.2. The highest BCUT2D eigenvalue weighted by Crippen LogP contribution is 2.28. The number of hydrogen-bond donors (Lipinski definition) is 2. The summed E-state index contributed by atoms with van der Waals surface area (Å²) in [7, 11) is 0. The van der Waals surface area contributed by atoms with Crippen molar-refractivity contribution in [3.05, 3.63) is 94.0 Å². The number of nitrogens with one attached hydrogen (secondary N) is 2. The second-order valence-corrected chi connectivity index (χ2v) is 9.91. The van der Waals surface area contributed by atoms with Crippen LogP contribution in [0, 0.1) is 5.92 Å². The summed E-state index contributed by atoms with van der Waals surface area (Å²) >= 11 is 12.1. The number of halogens is 2. The Balaban J connectivity index is 1.69. The molecule has 38 heavy (non-hydrogen) atoms. The van der Waals surface area contributed by atoms with Gasteiger partial charge in [-0.1, -0.05) is 79.5 Å². The molecule has 3 aromatic rings. The van der Waals surface area contributed by atoms with E-state index in [9.17, 15) is 9.59 Å². The Morgan fingerprint density at radius 1 is 0.921 bits per heavy atom. The van der Waals surface area contributed by atoms with Gasteiger partial charge in [0.1, 0.15) is 17.5 Å². The molecule has 2 atom stereocenters. The molecule has 200 valence electrons. The Kier molecular flexibility index (Phi) is 11.0. The number of ether oxygens (including phenoxy) is 2. The average Bonchev–Trinajstić information content (AvgIpc) is 2.89. The molecule has 0 fully saturated rings. The zero-order chi connectivity index (χ0) is 27.5. The van der Waals surface area contributed by atoms with Gasteiger partial charge in [0, 0.05) is 17.0 Å². The quantitative estimate of drug-likeness (QED) is 0.222. The second-order valence-electron chi connectivity index (χ2n) is 9.06. The summed E-state index contributed by atoms with van der Waals surface area (Å²) in [5.74, 6) is 0.384. The van der Waals surface area contributed by atoms with Crippen molar-refractivity contribution in [2.24, 2.45) is 11.0 Å². The highest BCUT2D eigenvalue weighted by molar-refractivity contribution is 6.35. The average molecular weight is 556 g/mol. The minimum absolute atomic E-state index is 0.260. The van der Waals surface area contributed by atoms with Gasteiger partial charge in [-0.05, 0) is 48.7 Å². The number of hydrazone groups is 1. The van der Waals surface area contributed by atoms with Crippen LogP contribution < -0.4 is 20.2 Å². The van der Waals surface area contributed by atoms with E-state index in [2.05, 4.69) is 29.7 Å². The van der Waals surface area contributed by atoms with Crippen LogP contribution in [0.15, 0.2) is 77.9 Å². The Bertz CT molecular complexity index is 1250. The summed E-state index contributed by atoms with van der Waals surface area (Å²) in [6, 6.07) is 20.6. The highest BCUT2D eigenvalue weighted by atomic mass is 35.5. The molecular weight excluding hydrogens is 525 g/mol. The van der Waals surface area contributed by atoms with Crippen LogP contribution in [0.1, 0.15) is 31.9 Å². The predicted octanol–water partition coefficient (Wildman–Crippen LogP) is 5.67. The Labute approximate surface area is 233 Å². The van der Waals surface area contributed by atoms with Gasteiger partial charge in [0.05, 0.1) is 17.8 Å². The largest absolute Gasteiger partial charge is 0.493 e. The maximum Gasteiger partial charge on any atom is 0.262 e. The zero-order valence-corrected chi connectivity index (χ0v) is 23.0. The molecule has 2 N–H and O–H groups in total. The van der Waals surface area contributed by atoms with Crippen molar-refractivity contribution in [3.63, 3.8) is 0 Å². The number of hydrogen-bond acceptors (Lipinski definition) is 5. The van der Waals surface area contributed by atoms with E-state index in [-0.39, 0.29) is 11.4 Å². The lowest BCUT2D eigenvalue weighted by molar-refractivity contribution is -0.132. The van der Waals surface area contributed by atoms with Crippen LogP contribution in [-0.4, -0.2) is 36.8 Å². The van der Waals surface area contributed by atoms with Crippen LogP contribution in [0.4, 0.5) is 0 Å². The fourth-order valence-corrected chi connectivity index (χ4v) is 3.83. The minimum atomic E-state index is -0.923. The van der Waals surface area contributed by atoms with Crippen LogP contribution in [-0.2, 0) is 16.0 Å². The lowest BCUT2D eigenvalue weighted by Gasteiger charge is -2.21. The topological polar surface area (TPSA) is 89.0 Å². The van der Waals surface area contributed by atoms with Crippen LogP contribution in [0.5, 0.6) is 11.5 Å². The first-order valence-corrected chi connectivity index (χ1v) is 13.0. The summed E-state index contributed by atoms with van der Waals surface area (Å²) < 4.78 is 11.5. The summed E-state index contributed by atoms with van der Waals surface area (Å²) in [6.45, 7) is 6.26. The molecular formula is C29H31Cl2N3O4. The van der Waals surface area contributed by atoms with Gasteiger partial charge in [-0.3, -0.25) is 9.59 Å². The van der Waals surface area contributed by atoms with Gasteiger partial charge in [0.25, 0.3) is 11.8 Å². The van der Waals surface area contributed by atoms with E-state index in [4.69, 9.17) is 32.7 Å². The Hall–Kier alpha value is -3.55. The lowest BCUT2D eigenvalue weighted by atomic mass is 10.1. The third kappa shape index (κ3) is 9.08. The number of carbonyl (C=O) groups excluding carboxylic acids is 2. The number of rotatable bonds is 12. The van der Waals surface area contributed by atoms with Crippen molar-refractivity contribution in [3.8, 4) is 11.5 Å². The van der Waals surface area contributed by atoms with Crippen molar-refractivity contribution >= 4 is 41.2 Å². The molecule has 9 heteroatoms. The van der Waals surface area contributed by atoms with Crippen LogP contribution in [0.2, 0.25) is 10.0 Å². The fraction of sp³-hybridized carbons (Fsp3) is 0.276. The predicted molar refractivity (Wildman–Crippen MR) is 151 cm³/mol. The first kappa shape index (κ1) is 29.0. The SMILES string of the molecule is CC(C)COc1ccccc1/C=N\NC(=O)[C@H](Cc1ccccc1)NC(=O)[C@@H](C)Oc1ccc(Cl)cc1Cl. The molecule has 0 saturated heterocycles. The van der Waals surface area contributed by atoms with Crippen LogP contribution >= 0.6 is 23.2 Å². The Morgan fingerprint density at radius 2 is 1.63 bits per heavy atom. The normalized spacial score (nSPS) is 12.7. The van der Waals surface area contributed by atoms with E-state index >= 15 is 0 Å². The van der Waals surface area contributed by atoms with Gasteiger partial charge in [-0.25, -0.2) is 5.43 Å². The highest BCUT2D eigenvalue weighted by Gasteiger charge is 2.25. The maximum absolute atomic E-state index is 13.1. The number of amides is 2. The van der Waals surface area contributed by atoms with E-state index in [0.29, 0.717) is 29.0 Å². The minimum Gasteiger partial charge on any atom is -0.493 e. The zero-order valence-electron chi connectivity index (χ0n) is 21.5. The summed E-state index contributed by atoms with van der Waals surface area (Å²) in [4.78, 5) is 26.1. The van der Waals surface area contributed by atoms with Crippen molar-refractivity contribution < 1.29 is 19.1 Å². The van der Waals surface area contributed by atoms with Crippen molar-refractivity contribution in [2.45, 2.75) is 39.3 Å².